The Morgan fingerprint density at radius 3 is 2.89 bits per heavy atom. The lowest BCUT2D eigenvalue weighted by molar-refractivity contribution is -0.142. The van der Waals surface area contributed by atoms with Crippen LogP contribution < -0.4 is 4.90 Å². The molecule has 4 rings (SSSR count). The fourth-order valence-electron chi connectivity index (χ4n) is 3.39. The molecule has 1 aliphatic rings. The van der Waals surface area contributed by atoms with E-state index < -0.39 is 18.1 Å². The lowest BCUT2D eigenvalue weighted by atomic mass is 10.1. The van der Waals surface area contributed by atoms with Gasteiger partial charge in [-0.3, -0.25) is 0 Å². The number of hydrogen-bond donors (Lipinski definition) is 1. The standard InChI is InChI=1S/C18H16Cl2N4O3/c1-27-18(26)14-6-10(25)8-24(14)15-7-13(23-5-4-21-9-23)11-2-3-12(19)16(20)17(11)22-15/h2-5,7,9-10,14,25H,6,8H2,1H3/t10-,14+/m1/s1. The number of fused-ring (bicyclic) bond motifs is 1. The van der Waals surface area contributed by atoms with Gasteiger partial charge in [-0.1, -0.05) is 23.2 Å². The molecule has 2 atom stereocenters. The first kappa shape index (κ1) is 18.0. The van der Waals surface area contributed by atoms with E-state index >= 15 is 0 Å². The molecule has 9 heteroatoms. The van der Waals surface area contributed by atoms with Gasteiger partial charge in [0.05, 0.1) is 40.8 Å². The summed E-state index contributed by atoms with van der Waals surface area (Å²) in [4.78, 5) is 22.6. The number of aromatic nitrogens is 3. The van der Waals surface area contributed by atoms with Crippen molar-refractivity contribution in [2.24, 2.45) is 0 Å². The molecular formula is C18H16Cl2N4O3. The van der Waals surface area contributed by atoms with Crippen molar-refractivity contribution < 1.29 is 14.6 Å². The lowest BCUT2D eigenvalue weighted by Crippen LogP contribution is -2.37. The third-order valence-corrected chi connectivity index (χ3v) is 5.46. The number of ether oxygens (including phenoxy) is 1. The minimum Gasteiger partial charge on any atom is -0.467 e. The summed E-state index contributed by atoms with van der Waals surface area (Å²) in [5, 5.41) is 11.6. The van der Waals surface area contributed by atoms with Crippen molar-refractivity contribution in [1.82, 2.24) is 14.5 Å². The minimum absolute atomic E-state index is 0.264. The molecule has 3 heterocycles. The molecule has 1 aliphatic heterocycles. The van der Waals surface area contributed by atoms with E-state index in [0.717, 1.165) is 11.1 Å². The zero-order chi connectivity index (χ0) is 19.1. The molecule has 0 amide bonds. The van der Waals surface area contributed by atoms with Gasteiger partial charge in [0.15, 0.2) is 0 Å². The predicted octanol–water partition coefficient (Wildman–Crippen LogP) is 2.84. The molecule has 1 N–H and O–H groups in total. The summed E-state index contributed by atoms with van der Waals surface area (Å²) in [6, 6.07) is 4.77. The summed E-state index contributed by atoms with van der Waals surface area (Å²) in [7, 11) is 1.33. The molecule has 0 radical (unpaired) electrons. The van der Waals surface area contributed by atoms with Gasteiger partial charge >= 0.3 is 5.97 Å². The zero-order valence-electron chi connectivity index (χ0n) is 14.3. The van der Waals surface area contributed by atoms with Crippen LogP contribution in [0.1, 0.15) is 6.42 Å². The number of benzene rings is 1. The molecule has 2 aromatic heterocycles. The summed E-state index contributed by atoms with van der Waals surface area (Å²) >= 11 is 12.6. The van der Waals surface area contributed by atoms with Crippen LogP contribution >= 0.6 is 23.2 Å². The van der Waals surface area contributed by atoms with Crippen molar-refractivity contribution in [3.63, 3.8) is 0 Å². The van der Waals surface area contributed by atoms with Crippen LogP contribution in [0.2, 0.25) is 10.0 Å². The molecule has 140 valence electrons. The number of carbonyl (C=O) groups excluding carboxylic acids is 1. The van der Waals surface area contributed by atoms with Crippen LogP contribution in [0.3, 0.4) is 0 Å². The molecule has 27 heavy (non-hydrogen) atoms. The van der Waals surface area contributed by atoms with E-state index in [1.165, 1.54) is 7.11 Å². The average Bonchev–Trinajstić information content (AvgIpc) is 3.33. The molecule has 0 aliphatic carbocycles. The predicted molar refractivity (Wildman–Crippen MR) is 103 cm³/mol. The maximum absolute atomic E-state index is 12.2. The monoisotopic (exact) mass is 406 g/mol. The molecule has 1 aromatic carbocycles. The van der Waals surface area contributed by atoms with Gasteiger partial charge in [-0.25, -0.2) is 14.8 Å². The highest BCUT2D eigenvalue weighted by atomic mass is 35.5. The van der Waals surface area contributed by atoms with E-state index in [9.17, 15) is 9.90 Å². The third kappa shape index (κ3) is 3.12. The van der Waals surface area contributed by atoms with E-state index in [2.05, 4.69) is 9.97 Å². The topological polar surface area (TPSA) is 80.5 Å². The molecule has 1 fully saturated rings. The molecule has 0 saturated carbocycles. The summed E-state index contributed by atoms with van der Waals surface area (Å²) in [5.74, 6) is 0.0807. The van der Waals surface area contributed by atoms with Gasteiger partial charge in [0, 0.05) is 36.8 Å². The molecule has 0 bridgehead atoms. The largest absolute Gasteiger partial charge is 0.467 e. The summed E-state index contributed by atoms with van der Waals surface area (Å²) in [6.45, 7) is 0.264. The maximum Gasteiger partial charge on any atom is 0.328 e. The number of aliphatic hydroxyl groups excluding tert-OH is 1. The fraction of sp³-hybridized carbons (Fsp3) is 0.278. The molecule has 0 unspecified atom stereocenters. The van der Waals surface area contributed by atoms with E-state index in [1.54, 1.807) is 29.7 Å². The van der Waals surface area contributed by atoms with E-state index in [0.29, 0.717) is 21.4 Å². The summed E-state index contributed by atoms with van der Waals surface area (Å²) < 4.78 is 6.72. The van der Waals surface area contributed by atoms with Crippen LogP contribution in [0.4, 0.5) is 5.82 Å². The highest BCUT2D eigenvalue weighted by Crippen LogP contribution is 2.36. The van der Waals surface area contributed by atoms with Gasteiger partial charge < -0.3 is 19.3 Å². The van der Waals surface area contributed by atoms with E-state index in [1.807, 2.05) is 16.7 Å². The van der Waals surface area contributed by atoms with Gasteiger partial charge in [-0.2, -0.15) is 0 Å². The number of β-amino-alcohol motifs (C(OH)–C–C–N with tert-alkyl or cyclic N) is 1. The number of pyridine rings is 1. The molecule has 3 aromatic rings. The Morgan fingerprint density at radius 1 is 1.37 bits per heavy atom. The van der Waals surface area contributed by atoms with Crippen molar-refractivity contribution in [3.8, 4) is 5.69 Å². The number of aliphatic hydroxyl groups is 1. The Morgan fingerprint density at radius 2 is 2.19 bits per heavy atom. The Hall–Kier alpha value is -2.35. The second-order valence-electron chi connectivity index (χ2n) is 6.31. The second-order valence-corrected chi connectivity index (χ2v) is 7.09. The summed E-state index contributed by atoms with van der Waals surface area (Å²) in [6.07, 6.45) is 4.75. The maximum atomic E-state index is 12.2. The second kappa shape index (κ2) is 6.99. The molecule has 7 nitrogen and oxygen atoms in total. The highest BCUT2D eigenvalue weighted by molar-refractivity contribution is 6.45. The number of esters is 1. The van der Waals surface area contributed by atoms with Crippen molar-refractivity contribution >= 4 is 45.9 Å². The number of halogens is 2. The number of hydrogen-bond acceptors (Lipinski definition) is 6. The molecule has 1 saturated heterocycles. The summed E-state index contributed by atoms with van der Waals surface area (Å²) in [5.41, 5.74) is 1.30. The van der Waals surface area contributed by atoms with Crippen LogP contribution in [0.25, 0.3) is 16.6 Å². The normalized spacial score (nSPS) is 19.6. The van der Waals surface area contributed by atoms with E-state index in [4.69, 9.17) is 27.9 Å². The quantitative estimate of drug-likeness (QED) is 0.673. The Kier molecular flexibility index (Phi) is 4.67. The number of imidazole rings is 1. The van der Waals surface area contributed by atoms with Gasteiger partial charge in [0.2, 0.25) is 0 Å². The van der Waals surface area contributed by atoms with Crippen molar-refractivity contribution in [2.75, 3.05) is 18.6 Å². The van der Waals surface area contributed by atoms with Gasteiger partial charge in [-0.05, 0) is 12.1 Å². The van der Waals surface area contributed by atoms with Crippen LogP contribution in [0, 0.1) is 0 Å². The first-order valence-electron chi connectivity index (χ1n) is 8.29. The van der Waals surface area contributed by atoms with Crippen molar-refractivity contribution in [3.05, 3.63) is 47.0 Å². The highest BCUT2D eigenvalue weighted by Gasteiger charge is 2.38. The SMILES string of the molecule is COC(=O)[C@@H]1C[C@@H](O)CN1c1cc(-n2ccnc2)c2ccc(Cl)c(Cl)c2n1. The Bertz CT molecular complexity index is 1010. The van der Waals surface area contributed by atoms with Crippen molar-refractivity contribution in [1.29, 1.82) is 0 Å². The third-order valence-electron chi connectivity index (χ3n) is 4.67. The number of carbonyl (C=O) groups is 1. The molecule has 0 spiro atoms. The van der Waals surface area contributed by atoms with Gasteiger partial charge in [0.1, 0.15) is 11.9 Å². The van der Waals surface area contributed by atoms with Gasteiger partial charge in [-0.15, -0.1) is 0 Å². The Balaban J connectivity index is 1.93. The first-order chi connectivity index (χ1) is 13.0. The Labute approximate surface area is 165 Å². The smallest absolute Gasteiger partial charge is 0.328 e. The average molecular weight is 407 g/mol. The fourth-order valence-corrected chi connectivity index (χ4v) is 3.75. The number of nitrogens with zero attached hydrogens (tertiary/aromatic N) is 4. The van der Waals surface area contributed by atoms with Gasteiger partial charge in [0.25, 0.3) is 0 Å². The van der Waals surface area contributed by atoms with Crippen LogP contribution in [-0.2, 0) is 9.53 Å². The lowest BCUT2D eigenvalue weighted by Gasteiger charge is -2.25. The minimum atomic E-state index is -0.655. The van der Waals surface area contributed by atoms with Crippen LogP contribution in [0.15, 0.2) is 36.9 Å². The zero-order valence-corrected chi connectivity index (χ0v) is 15.9. The van der Waals surface area contributed by atoms with Crippen LogP contribution in [-0.4, -0.2) is 51.4 Å². The molecular weight excluding hydrogens is 391 g/mol. The van der Waals surface area contributed by atoms with Crippen LogP contribution in [0.5, 0.6) is 0 Å². The first-order valence-corrected chi connectivity index (χ1v) is 9.05. The number of rotatable bonds is 3. The van der Waals surface area contributed by atoms with E-state index in [-0.39, 0.29) is 13.0 Å². The number of methoxy groups -OCH3 is 1. The number of anilines is 1. The van der Waals surface area contributed by atoms with Crippen molar-refractivity contribution in [2.45, 2.75) is 18.6 Å².